The number of halogens is 1. The zero-order valence-corrected chi connectivity index (χ0v) is 13.4. The molecule has 1 rings (SSSR count). The molecule has 1 aliphatic carbocycles. The van der Waals surface area contributed by atoms with Crippen LogP contribution in [0.15, 0.2) is 59.0 Å². The van der Waals surface area contributed by atoms with E-state index in [1.54, 1.807) is 6.92 Å². The summed E-state index contributed by atoms with van der Waals surface area (Å²) in [4.78, 5) is 10.1. The summed E-state index contributed by atoms with van der Waals surface area (Å²) in [7, 11) is 0. The summed E-state index contributed by atoms with van der Waals surface area (Å²) in [6.45, 7) is 8.41. The zero-order chi connectivity index (χ0) is 15.9. The number of rotatable bonds is 5. The van der Waals surface area contributed by atoms with Gasteiger partial charge in [-0.05, 0) is 61.8 Å². The van der Waals surface area contributed by atoms with Crippen molar-refractivity contribution in [3.05, 3.63) is 59.0 Å². The number of aldehydes is 1. The Morgan fingerprint density at radius 3 is 2.52 bits per heavy atom. The van der Waals surface area contributed by atoms with Gasteiger partial charge in [0, 0.05) is 0 Å². The SMILES string of the molecule is CC(C=CC1=C(C)CCCC1(C)C)=C(F)C=CC=CC=O. The second-order valence-corrected chi connectivity index (χ2v) is 6.18. The summed E-state index contributed by atoms with van der Waals surface area (Å²) in [5.41, 5.74) is 3.48. The highest BCUT2D eigenvalue weighted by Crippen LogP contribution is 2.40. The van der Waals surface area contributed by atoms with Gasteiger partial charge in [-0.25, -0.2) is 4.39 Å². The van der Waals surface area contributed by atoms with E-state index in [1.165, 1.54) is 48.3 Å². The molecule has 0 spiro atoms. The number of hydrogen-bond donors (Lipinski definition) is 0. The van der Waals surface area contributed by atoms with Crippen LogP contribution < -0.4 is 0 Å². The summed E-state index contributed by atoms with van der Waals surface area (Å²) >= 11 is 0. The number of hydrogen-bond acceptors (Lipinski definition) is 1. The minimum absolute atomic E-state index is 0.165. The van der Waals surface area contributed by atoms with Gasteiger partial charge < -0.3 is 0 Å². The van der Waals surface area contributed by atoms with Crippen molar-refractivity contribution in [2.75, 3.05) is 0 Å². The van der Waals surface area contributed by atoms with Crippen molar-refractivity contribution in [1.82, 2.24) is 0 Å². The first-order chi connectivity index (χ1) is 9.88. The molecule has 1 aliphatic rings. The molecule has 0 fully saturated rings. The van der Waals surface area contributed by atoms with Gasteiger partial charge in [-0.15, -0.1) is 0 Å². The Morgan fingerprint density at radius 2 is 1.90 bits per heavy atom. The van der Waals surface area contributed by atoms with Gasteiger partial charge >= 0.3 is 0 Å². The van der Waals surface area contributed by atoms with Gasteiger partial charge in [-0.1, -0.05) is 43.7 Å². The average Bonchev–Trinajstić information content (AvgIpc) is 2.41. The number of carbonyl (C=O) groups excluding carboxylic acids is 1. The monoisotopic (exact) mass is 288 g/mol. The molecule has 21 heavy (non-hydrogen) atoms. The van der Waals surface area contributed by atoms with E-state index in [1.807, 2.05) is 6.08 Å². The van der Waals surface area contributed by atoms with Gasteiger partial charge in [-0.3, -0.25) is 4.79 Å². The highest BCUT2D eigenvalue weighted by atomic mass is 19.1. The molecule has 0 aromatic carbocycles. The minimum Gasteiger partial charge on any atom is -0.299 e. The van der Waals surface area contributed by atoms with Crippen LogP contribution in [0.3, 0.4) is 0 Å². The average molecular weight is 288 g/mol. The van der Waals surface area contributed by atoms with E-state index in [4.69, 9.17) is 0 Å². The Morgan fingerprint density at radius 1 is 1.19 bits per heavy atom. The van der Waals surface area contributed by atoms with Crippen molar-refractivity contribution in [2.24, 2.45) is 5.41 Å². The van der Waals surface area contributed by atoms with Crippen LogP contribution in [0.1, 0.15) is 47.0 Å². The maximum absolute atomic E-state index is 13.9. The molecule has 2 heteroatoms. The molecule has 0 saturated carbocycles. The first kappa shape index (κ1) is 17.4. The van der Waals surface area contributed by atoms with Gasteiger partial charge in [0.1, 0.15) is 12.1 Å². The minimum atomic E-state index is -0.284. The van der Waals surface area contributed by atoms with Crippen molar-refractivity contribution in [3.8, 4) is 0 Å². The summed E-state index contributed by atoms with van der Waals surface area (Å²) in [6, 6.07) is 0. The lowest BCUT2D eigenvalue weighted by molar-refractivity contribution is -0.104. The maximum atomic E-state index is 13.9. The van der Waals surface area contributed by atoms with Crippen LogP contribution in [-0.4, -0.2) is 6.29 Å². The maximum Gasteiger partial charge on any atom is 0.142 e. The third kappa shape index (κ3) is 5.30. The lowest BCUT2D eigenvalue weighted by Crippen LogP contribution is -2.19. The van der Waals surface area contributed by atoms with Crippen LogP contribution in [-0.2, 0) is 4.79 Å². The lowest BCUT2D eigenvalue weighted by atomic mass is 9.72. The van der Waals surface area contributed by atoms with Crippen LogP contribution in [0.2, 0.25) is 0 Å². The van der Waals surface area contributed by atoms with Gasteiger partial charge in [0.05, 0.1) is 0 Å². The Balaban J connectivity index is 2.90. The van der Waals surface area contributed by atoms with Gasteiger partial charge in [0.15, 0.2) is 0 Å². The highest BCUT2D eigenvalue weighted by Gasteiger charge is 2.26. The third-order valence-electron chi connectivity index (χ3n) is 3.96. The van der Waals surface area contributed by atoms with E-state index in [0.717, 1.165) is 6.42 Å². The fourth-order valence-corrected chi connectivity index (χ4v) is 2.68. The molecule has 0 N–H and O–H groups in total. The molecule has 1 nitrogen and oxygen atoms in total. The van der Waals surface area contributed by atoms with Crippen LogP contribution in [0, 0.1) is 5.41 Å². The van der Waals surface area contributed by atoms with Crippen LogP contribution in [0.5, 0.6) is 0 Å². The van der Waals surface area contributed by atoms with Crippen LogP contribution in [0.4, 0.5) is 4.39 Å². The second-order valence-electron chi connectivity index (χ2n) is 6.18. The normalized spacial score (nSPS) is 20.6. The van der Waals surface area contributed by atoms with Gasteiger partial charge in [0.2, 0.25) is 0 Å². The van der Waals surface area contributed by atoms with Crippen molar-refractivity contribution >= 4 is 6.29 Å². The van der Waals surface area contributed by atoms with Gasteiger partial charge in [-0.2, -0.15) is 0 Å². The molecule has 0 aromatic heterocycles. The van der Waals surface area contributed by atoms with E-state index in [0.29, 0.717) is 11.9 Å². The largest absolute Gasteiger partial charge is 0.299 e. The highest BCUT2D eigenvalue weighted by molar-refractivity contribution is 5.65. The predicted octanol–water partition coefficient (Wildman–Crippen LogP) is 5.62. The standard InChI is InChI=1S/C19H25FO/c1-15-9-8-13-19(3,4)17(15)12-11-16(2)18(20)10-6-5-7-14-21/h5-7,10-12,14H,8-9,13H2,1-4H3. The van der Waals surface area contributed by atoms with Crippen molar-refractivity contribution < 1.29 is 9.18 Å². The number of carbonyl (C=O) groups is 1. The lowest BCUT2D eigenvalue weighted by Gasteiger charge is -2.32. The van der Waals surface area contributed by atoms with E-state index in [-0.39, 0.29) is 11.2 Å². The molecule has 0 aromatic rings. The molecule has 0 aliphatic heterocycles. The Kier molecular flexibility index (Phi) is 6.54. The van der Waals surface area contributed by atoms with Crippen molar-refractivity contribution in [3.63, 3.8) is 0 Å². The first-order valence-corrected chi connectivity index (χ1v) is 7.41. The topological polar surface area (TPSA) is 17.1 Å². The zero-order valence-electron chi connectivity index (χ0n) is 13.4. The third-order valence-corrected chi connectivity index (χ3v) is 3.96. The molecule has 0 saturated heterocycles. The molecule has 114 valence electrons. The Hall–Kier alpha value is -1.70. The molecular formula is C19H25FO. The molecule has 0 bridgehead atoms. The van der Waals surface area contributed by atoms with E-state index < -0.39 is 0 Å². The quantitative estimate of drug-likeness (QED) is 0.364. The van der Waals surface area contributed by atoms with E-state index in [9.17, 15) is 9.18 Å². The fraction of sp³-hybridized carbons (Fsp3) is 0.421. The summed E-state index contributed by atoms with van der Waals surface area (Å²) < 4.78 is 13.9. The first-order valence-electron chi connectivity index (χ1n) is 7.41. The van der Waals surface area contributed by atoms with Crippen LogP contribution in [0.25, 0.3) is 0 Å². The van der Waals surface area contributed by atoms with Crippen LogP contribution >= 0.6 is 0 Å². The summed E-state index contributed by atoms with van der Waals surface area (Å²) in [5.74, 6) is -0.284. The van der Waals surface area contributed by atoms with E-state index >= 15 is 0 Å². The molecule has 0 radical (unpaired) electrons. The van der Waals surface area contributed by atoms with Crippen molar-refractivity contribution in [1.29, 1.82) is 0 Å². The number of allylic oxidation sites excluding steroid dienone is 10. The fourth-order valence-electron chi connectivity index (χ4n) is 2.68. The molecule has 0 amide bonds. The molecule has 0 heterocycles. The Bertz CT molecular complexity index is 528. The second kappa shape index (κ2) is 7.92. The smallest absolute Gasteiger partial charge is 0.142 e. The summed E-state index contributed by atoms with van der Waals surface area (Å²) in [6.07, 6.45) is 13.8. The molecular weight excluding hydrogens is 263 g/mol. The summed E-state index contributed by atoms with van der Waals surface area (Å²) in [5, 5.41) is 0. The van der Waals surface area contributed by atoms with E-state index in [2.05, 4.69) is 26.8 Å². The van der Waals surface area contributed by atoms with Gasteiger partial charge in [0.25, 0.3) is 0 Å². The Labute approximate surface area is 127 Å². The molecule has 0 unspecified atom stereocenters. The predicted molar refractivity (Wildman–Crippen MR) is 87.6 cm³/mol. The van der Waals surface area contributed by atoms with Crippen molar-refractivity contribution in [2.45, 2.75) is 47.0 Å². The molecule has 0 atom stereocenters.